The zero-order valence-electron chi connectivity index (χ0n) is 14.6. The van der Waals surface area contributed by atoms with Crippen LogP contribution in [0.5, 0.6) is 0 Å². The van der Waals surface area contributed by atoms with E-state index in [1.54, 1.807) is 0 Å². The molecule has 170 valence electrons. The largest absolute Gasteiger partial charge is 0.471 e. The molecule has 0 aromatic heterocycles. The molecule has 2 saturated heterocycles. The van der Waals surface area contributed by atoms with E-state index in [0.29, 0.717) is 0 Å². The van der Waals surface area contributed by atoms with Crippen molar-refractivity contribution in [2.75, 3.05) is 13.2 Å². The summed E-state index contributed by atoms with van der Waals surface area (Å²) in [5.74, 6) is -2.31. The van der Waals surface area contributed by atoms with Crippen LogP contribution in [0.1, 0.15) is 0 Å². The third kappa shape index (κ3) is 5.52. The number of aliphatic hydroxyl groups is 7. The average Bonchev–Trinajstić information content (AvgIpc) is 2.65. The van der Waals surface area contributed by atoms with E-state index in [1.165, 1.54) is 5.32 Å². The molecule has 8 N–H and O–H groups in total. The highest BCUT2D eigenvalue weighted by Crippen LogP contribution is 2.25. The van der Waals surface area contributed by atoms with E-state index in [2.05, 4.69) is 0 Å². The first-order valence-electron chi connectivity index (χ1n) is 8.38. The lowest BCUT2D eigenvalue weighted by atomic mass is 9.98. The number of alkyl halides is 3. The van der Waals surface area contributed by atoms with Gasteiger partial charge in [-0.25, -0.2) is 0 Å². The van der Waals surface area contributed by atoms with Gasteiger partial charge in [-0.1, -0.05) is 0 Å². The Labute approximate surface area is 161 Å². The highest BCUT2D eigenvalue weighted by atomic mass is 19.4. The van der Waals surface area contributed by atoms with Crippen molar-refractivity contribution in [1.29, 1.82) is 0 Å². The molecule has 0 aromatic carbocycles. The molecule has 0 aliphatic carbocycles. The third-order valence-corrected chi connectivity index (χ3v) is 4.50. The molecule has 12 nitrogen and oxygen atoms in total. The van der Waals surface area contributed by atoms with Crippen LogP contribution in [0.25, 0.3) is 0 Å². The van der Waals surface area contributed by atoms with Crippen LogP contribution in [-0.4, -0.2) is 122 Å². The fourth-order valence-electron chi connectivity index (χ4n) is 2.77. The van der Waals surface area contributed by atoms with Crippen LogP contribution >= 0.6 is 0 Å². The predicted octanol–water partition coefficient (Wildman–Crippen LogP) is -4.71. The van der Waals surface area contributed by atoms with Crippen molar-refractivity contribution in [3.8, 4) is 0 Å². The Morgan fingerprint density at radius 2 is 1.38 bits per heavy atom. The summed E-state index contributed by atoms with van der Waals surface area (Å²) in [5, 5.41) is 69.3. The molecule has 2 aliphatic heterocycles. The lowest BCUT2D eigenvalue weighted by molar-refractivity contribution is -0.323. The van der Waals surface area contributed by atoms with Crippen LogP contribution in [0.4, 0.5) is 13.2 Å². The number of hydrogen-bond donors (Lipinski definition) is 8. The molecule has 0 spiro atoms. The van der Waals surface area contributed by atoms with Gasteiger partial charge >= 0.3 is 12.1 Å². The molecule has 1 amide bonds. The third-order valence-electron chi connectivity index (χ3n) is 4.50. The van der Waals surface area contributed by atoms with Gasteiger partial charge in [0, 0.05) is 6.54 Å². The molecule has 10 atom stereocenters. The van der Waals surface area contributed by atoms with E-state index in [0.717, 1.165) is 0 Å². The Balaban J connectivity index is 1.96. The molecule has 2 aliphatic rings. The smallest absolute Gasteiger partial charge is 0.388 e. The summed E-state index contributed by atoms with van der Waals surface area (Å²) in [6, 6.07) is 0. The molecule has 0 unspecified atom stereocenters. The van der Waals surface area contributed by atoms with E-state index < -0.39 is 86.6 Å². The first-order valence-corrected chi connectivity index (χ1v) is 8.38. The molecule has 2 fully saturated rings. The number of rotatable bonds is 5. The lowest BCUT2D eigenvalue weighted by Gasteiger charge is -2.42. The monoisotopic (exact) mass is 437 g/mol. The van der Waals surface area contributed by atoms with Gasteiger partial charge in [0.05, 0.1) is 6.61 Å². The topological polar surface area (TPSA) is 198 Å². The standard InChI is InChI=1S/C14H22F3NO11/c15-14(16,17)13(26)18-1-3-5(19)8(22)10(24)12(29-3)27-2-4-6(20)7(21)9(23)11(25)28-4/h3-12,19-25H,1-2H2,(H,18,26)/t3-,4-,5-,6-,7+,8+,9+,10-,11+,12+/m1/s1. The maximum Gasteiger partial charge on any atom is 0.471 e. The normalized spacial score (nSPS) is 43.8. The van der Waals surface area contributed by atoms with E-state index in [-0.39, 0.29) is 0 Å². The van der Waals surface area contributed by atoms with Crippen LogP contribution < -0.4 is 5.32 Å². The molecule has 29 heavy (non-hydrogen) atoms. The van der Waals surface area contributed by atoms with E-state index in [4.69, 9.17) is 14.2 Å². The maximum atomic E-state index is 12.2. The molecule has 0 saturated carbocycles. The van der Waals surface area contributed by atoms with Crippen molar-refractivity contribution < 1.29 is 67.9 Å². The lowest BCUT2D eigenvalue weighted by Crippen LogP contribution is -2.62. The second-order valence-electron chi connectivity index (χ2n) is 6.59. The molecule has 2 heterocycles. The zero-order valence-corrected chi connectivity index (χ0v) is 14.6. The summed E-state index contributed by atoms with van der Waals surface area (Å²) in [7, 11) is 0. The highest BCUT2D eigenvalue weighted by molar-refractivity contribution is 5.81. The fourth-order valence-corrected chi connectivity index (χ4v) is 2.77. The van der Waals surface area contributed by atoms with Gasteiger partial charge in [0.2, 0.25) is 0 Å². The van der Waals surface area contributed by atoms with Crippen LogP contribution in [-0.2, 0) is 19.0 Å². The highest BCUT2D eigenvalue weighted by Gasteiger charge is 2.47. The Kier molecular flexibility index (Phi) is 7.77. The van der Waals surface area contributed by atoms with Gasteiger partial charge in [0.15, 0.2) is 12.6 Å². The molecular weight excluding hydrogens is 415 g/mol. The van der Waals surface area contributed by atoms with Gasteiger partial charge in [0.25, 0.3) is 0 Å². The van der Waals surface area contributed by atoms with Gasteiger partial charge in [-0.15, -0.1) is 0 Å². The van der Waals surface area contributed by atoms with E-state index in [9.17, 15) is 53.7 Å². The number of ether oxygens (including phenoxy) is 3. The van der Waals surface area contributed by atoms with Crippen molar-refractivity contribution >= 4 is 5.91 Å². The summed E-state index contributed by atoms with van der Waals surface area (Å²) in [4.78, 5) is 10.9. The number of amides is 1. The molecule has 0 radical (unpaired) electrons. The first kappa shape index (κ1) is 24.1. The van der Waals surface area contributed by atoms with Crippen molar-refractivity contribution in [1.82, 2.24) is 5.32 Å². The Morgan fingerprint density at radius 1 is 0.828 bits per heavy atom. The van der Waals surface area contributed by atoms with Crippen LogP contribution in [0, 0.1) is 0 Å². The summed E-state index contributed by atoms with van der Waals surface area (Å²) in [5.41, 5.74) is 0. The quantitative estimate of drug-likeness (QED) is 0.206. The molecule has 0 bridgehead atoms. The minimum Gasteiger partial charge on any atom is -0.388 e. The van der Waals surface area contributed by atoms with Gasteiger partial charge in [-0.2, -0.15) is 13.2 Å². The summed E-state index contributed by atoms with van der Waals surface area (Å²) in [6.45, 7) is -1.54. The van der Waals surface area contributed by atoms with Gasteiger partial charge in [0.1, 0.15) is 48.8 Å². The number of halogens is 3. The Morgan fingerprint density at radius 3 is 1.97 bits per heavy atom. The fraction of sp³-hybridized carbons (Fsp3) is 0.929. The van der Waals surface area contributed by atoms with Crippen LogP contribution in [0.15, 0.2) is 0 Å². The van der Waals surface area contributed by atoms with Crippen LogP contribution in [0.2, 0.25) is 0 Å². The number of carbonyl (C=O) groups excluding carboxylic acids is 1. The summed E-state index contributed by atoms with van der Waals surface area (Å²) in [6.07, 6.45) is -22.8. The first-order chi connectivity index (χ1) is 13.3. The number of aliphatic hydroxyl groups excluding tert-OH is 7. The summed E-state index contributed by atoms with van der Waals surface area (Å²) < 4.78 is 51.7. The maximum absolute atomic E-state index is 12.2. The molecule has 15 heteroatoms. The second kappa shape index (κ2) is 9.34. The molecule has 0 aromatic rings. The number of nitrogens with one attached hydrogen (secondary N) is 1. The van der Waals surface area contributed by atoms with Gasteiger partial charge < -0.3 is 55.3 Å². The Bertz CT molecular complexity index is 567. The Hall–Kier alpha value is -1.14. The minimum atomic E-state index is -5.19. The van der Waals surface area contributed by atoms with Crippen molar-refractivity contribution in [3.05, 3.63) is 0 Å². The number of hydrogen-bond acceptors (Lipinski definition) is 11. The van der Waals surface area contributed by atoms with Crippen molar-refractivity contribution in [2.45, 2.75) is 67.6 Å². The van der Waals surface area contributed by atoms with Crippen molar-refractivity contribution in [3.63, 3.8) is 0 Å². The average molecular weight is 437 g/mol. The number of carbonyl (C=O) groups is 1. The second-order valence-corrected chi connectivity index (χ2v) is 6.59. The van der Waals surface area contributed by atoms with Gasteiger partial charge in [-0.3, -0.25) is 4.79 Å². The summed E-state index contributed by atoms with van der Waals surface area (Å²) >= 11 is 0. The zero-order chi connectivity index (χ0) is 22.1. The van der Waals surface area contributed by atoms with Crippen LogP contribution in [0.3, 0.4) is 0 Å². The molecular formula is C14H22F3NO11. The van der Waals surface area contributed by atoms with Crippen molar-refractivity contribution in [2.24, 2.45) is 0 Å². The minimum absolute atomic E-state index is 0.659. The van der Waals surface area contributed by atoms with Gasteiger partial charge in [-0.05, 0) is 0 Å². The van der Waals surface area contributed by atoms with E-state index in [1.807, 2.05) is 0 Å². The predicted molar refractivity (Wildman–Crippen MR) is 80.6 cm³/mol. The van der Waals surface area contributed by atoms with E-state index >= 15 is 0 Å². The molecule has 2 rings (SSSR count). The SMILES string of the molecule is O=C(NC[C@H]1O[C@H](OC[C@H]2O[C@H](O)[C@@H](O)[C@@H](O)[C@@H]2O)[C@H](O)[C@@H](O)[C@@H]1O)C(F)(F)F.